The van der Waals surface area contributed by atoms with Gasteiger partial charge in [-0.3, -0.25) is 9.69 Å². The standard InChI is InChI=1S/C14H19ClN2OS/c1-14(2)9-17(7-6-16(14)3)13(18)11-8-10(19)4-5-12(11)15/h4-5,8,19H,6-7,9H2,1-3H3. The molecule has 0 spiro atoms. The monoisotopic (exact) mass is 298 g/mol. The van der Waals surface area contributed by atoms with Gasteiger partial charge in [0.15, 0.2) is 0 Å². The van der Waals surface area contributed by atoms with E-state index in [4.69, 9.17) is 11.6 Å². The first-order valence-electron chi connectivity index (χ1n) is 6.30. The average molecular weight is 299 g/mol. The quantitative estimate of drug-likeness (QED) is 0.806. The molecule has 2 rings (SSSR count). The van der Waals surface area contributed by atoms with E-state index in [2.05, 4.69) is 38.4 Å². The largest absolute Gasteiger partial charge is 0.335 e. The Kier molecular flexibility index (Phi) is 4.14. The molecule has 0 radical (unpaired) electrons. The number of nitrogens with zero attached hydrogens (tertiary/aromatic N) is 2. The lowest BCUT2D eigenvalue weighted by Gasteiger charge is -2.45. The number of thiol groups is 1. The number of hydrogen-bond donors (Lipinski definition) is 1. The molecule has 1 aliphatic heterocycles. The van der Waals surface area contributed by atoms with Crippen LogP contribution in [0, 0.1) is 0 Å². The average Bonchev–Trinajstić information content (AvgIpc) is 2.35. The zero-order valence-corrected chi connectivity index (χ0v) is 13.1. The Labute approximate surface area is 124 Å². The minimum absolute atomic E-state index is 0.0120. The molecule has 104 valence electrons. The minimum atomic E-state index is -0.0149. The first-order valence-corrected chi connectivity index (χ1v) is 7.13. The second-order valence-electron chi connectivity index (χ2n) is 5.62. The van der Waals surface area contributed by atoms with E-state index in [1.54, 1.807) is 18.2 Å². The van der Waals surface area contributed by atoms with Crippen molar-refractivity contribution in [1.29, 1.82) is 0 Å². The fraction of sp³-hybridized carbons (Fsp3) is 0.500. The molecule has 0 atom stereocenters. The maximum atomic E-state index is 12.6. The molecule has 0 unspecified atom stereocenters. The Hall–Kier alpha value is -0.710. The van der Waals surface area contributed by atoms with E-state index in [0.717, 1.165) is 18.0 Å². The van der Waals surface area contributed by atoms with Crippen LogP contribution in [0.4, 0.5) is 0 Å². The van der Waals surface area contributed by atoms with Crippen molar-refractivity contribution in [3.8, 4) is 0 Å². The molecule has 0 saturated carbocycles. The summed E-state index contributed by atoms with van der Waals surface area (Å²) in [6.07, 6.45) is 0. The summed E-state index contributed by atoms with van der Waals surface area (Å²) < 4.78 is 0. The third kappa shape index (κ3) is 3.07. The Morgan fingerprint density at radius 1 is 1.37 bits per heavy atom. The van der Waals surface area contributed by atoms with Gasteiger partial charge in [-0.15, -0.1) is 12.6 Å². The fourth-order valence-electron chi connectivity index (χ4n) is 2.26. The first kappa shape index (κ1) is 14.7. The number of benzene rings is 1. The highest BCUT2D eigenvalue weighted by molar-refractivity contribution is 7.80. The molecule has 1 aromatic rings. The zero-order valence-electron chi connectivity index (χ0n) is 11.5. The first-order chi connectivity index (χ1) is 8.81. The van der Waals surface area contributed by atoms with Crippen LogP contribution in [0.15, 0.2) is 23.1 Å². The van der Waals surface area contributed by atoms with Crippen LogP contribution in [0.2, 0.25) is 5.02 Å². The SMILES string of the molecule is CN1CCN(C(=O)c2cc(S)ccc2Cl)CC1(C)C. The van der Waals surface area contributed by atoms with Crippen molar-refractivity contribution in [2.45, 2.75) is 24.3 Å². The van der Waals surface area contributed by atoms with Crippen LogP contribution >= 0.6 is 24.2 Å². The van der Waals surface area contributed by atoms with Gasteiger partial charge in [-0.25, -0.2) is 0 Å². The van der Waals surface area contributed by atoms with Crippen LogP contribution in [-0.2, 0) is 0 Å². The highest BCUT2D eigenvalue weighted by atomic mass is 35.5. The van der Waals surface area contributed by atoms with Gasteiger partial charge < -0.3 is 4.90 Å². The number of hydrogen-bond acceptors (Lipinski definition) is 3. The Balaban J connectivity index is 2.23. The molecule has 1 aromatic carbocycles. The van der Waals surface area contributed by atoms with Crippen LogP contribution in [-0.4, -0.2) is 47.9 Å². The third-order valence-corrected chi connectivity index (χ3v) is 4.39. The highest BCUT2D eigenvalue weighted by Gasteiger charge is 2.33. The van der Waals surface area contributed by atoms with E-state index in [9.17, 15) is 4.79 Å². The van der Waals surface area contributed by atoms with Crippen molar-refractivity contribution in [2.24, 2.45) is 0 Å². The smallest absolute Gasteiger partial charge is 0.255 e. The molecule has 0 aromatic heterocycles. The predicted octanol–water partition coefficient (Wildman–Crippen LogP) is 2.79. The van der Waals surface area contributed by atoms with Crippen molar-refractivity contribution >= 4 is 30.1 Å². The van der Waals surface area contributed by atoms with Crippen molar-refractivity contribution in [1.82, 2.24) is 9.80 Å². The van der Waals surface area contributed by atoms with Gasteiger partial charge in [0.1, 0.15) is 0 Å². The minimum Gasteiger partial charge on any atom is -0.335 e. The van der Waals surface area contributed by atoms with Gasteiger partial charge in [0, 0.05) is 30.1 Å². The van der Waals surface area contributed by atoms with Crippen LogP contribution < -0.4 is 0 Å². The Bertz CT molecular complexity index is 504. The van der Waals surface area contributed by atoms with Crippen LogP contribution in [0.25, 0.3) is 0 Å². The molecule has 0 N–H and O–H groups in total. The number of carbonyl (C=O) groups is 1. The number of likely N-dealkylation sites (N-methyl/N-ethyl adjacent to an activating group) is 1. The molecular formula is C14H19ClN2OS. The lowest BCUT2D eigenvalue weighted by molar-refractivity contribution is 0.0311. The molecular weight excluding hydrogens is 280 g/mol. The van der Waals surface area contributed by atoms with Crippen molar-refractivity contribution in [2.75, 3.05) is 26.7 Å². The van der Waals surface area contributed by atoms with Crippen molar-refractivity contribution < 1.29 is 4.79 Å². The van der Waals surface area contributed by atoms with Gasteiger partial charge in [-0.05, 0) is 39.1 Å². The number of rotatable bonds is 1. The summed E-state index contributed by atoms with van der Waals surface area (Å²) >= 11 is 10.4. The summed E-state index contributed by atoms with van der Waals surface area (Å²) in [4.78, 5) is 17.4. The van der Waals surface area contributed by atoms with Crippen LogP contribution in [0.5, 0.6) is 0 Å². The molecule has 1 amide bonds. The van der Waals surface area contributed by atoms with E-state index < -0.39 is 0 Å². The van der Waals surface area contributed by atoms with Gasteiger partial charge in [0.2, 0.25) is 0 Å². The highest BCUT2D eigenvalue weighted by Crippen LogP contribution is 2.25. The van der Waals surface area contributed by atoms with Crippen LogP contribution in [0.3, 0.4) is 0 Å². The maximum Gasteiger partial charge on any atom is 0.255 e. The second-order valence-corrected chi connectivity index (χ2v) is 6.55. The Morgan fingerprint density at radius 2 is 2.05 bits per heavy atom. The lowest BCUT2D eigenvalue weighted by Crippen LogP contribution is -2.58. The summed E-state index contributed by atoms with van der Waals surface area (Å²) in [7, 11) is 2.09. The molecule has 1 aliphatic rings. The van der Waals surface area contributed by atoms with E-state index >= 15 is 0 Å². The van der Waals surface area contributed by atoms with Gasteiger partial charge in [-0.1, -0.05) is 11.6 Å². The lowest BCUT2D eigenvalue weighted by atomic mass is 9.99. The molecule has 5 heteroatoms. The molecule has 0 bridgehead atoms. The van der Waals surface area contributed by atoms with Crippen molar-refractivity contribution in [3.63, 3.8) is 0 Å². The normalized spacial score (nSPS) is 19.5. The number of carbonyl (C=O) groups excluding carboxylic acids is 1. The summed E-state index contributed by atoms with van der Waals surface area (Å²) in [5.74, 6) is -0.0120. The van der Waals surface area contributed by atoms with Gasteiger partial charge in [0.05, 0.1) is 10.6 Å². The fourth-order valence-corrected chi connectivity index (χ4v) is 2.66. The molecule has 1 saturated heterocycles. The van der Waals surface area contributed by atoms with E-state index in [1.165, 1.54) is 0 Å². The molecule has 1 fully saturated rings. The van der Waals surface area contributed by atoms with Gasteiger partial charge in [-0.2, -0.15) is 0 Å². The predicted molar refractivity (Wildman–Crippen MR) is 81.3 cm³/mol. The second kappa shape index (κ2) is 5.35. The third-order valence-electron chi connectivity index (χ3n) is 3.78. The van der Waals surface area contributed by atoms with Crippen molar-refractivity contribution in [3.05, 3.63) is 28.8 Å². The maximum absolute atomic E-state index is 12.6. The topological polar surface area (TPSA) is 23.6 Å². The molecule has 0 aliphatic carbocycles. The Morgan fingerprint density at radius 3 is 2.68 bits per heavy atom. The summed E-state index contributed by atoms with van der Waals surface area (Å²) in [5, 5.41) is 0.486. The van der Waals surface area contributed by atoms with Gasteiger partial charge in [0.25, 0.3) is 5.91 Å². The number of piperazine rings is 1. The van der Waals surface area contributed by atoms with E-state index in [-0.39, 0.29) is 11.4 Å². The van der Waals surface area contributed by atoms with Gasteiger partial charge >= 0.3 is 0 Å². The number of amides is 1. The molecule has 3 nitrogen and oxygen atoms in total. The molecule has 19 heavy (non-hydrogen) atoms. The van der Waals surface area contributed by atoms with E-state index in [0.29, 0.717) is 17.1 Å². The van der Waals surface area contributed by atoms with E-state index in [1.807, 2.05) is 4.90 Å². The van der Waals surface area contributed by atoms with Crippen LogP contribution in [0.1, 0.15) is 24.2 Å². The number of halogens is 1. The summed E-state index contributed by atoms with van der Waals surface area (Å²) in [6.45, 7) is 6.59. The summed E-state index contributed by atoms with van der Waals surface area (Å²) in [6, 6.07) is 5.24. The molecule has 1 heterocycles. The summed E-state index contributed by atoms with van der Waals surface area (Å²) in [5.41, 5.74) is 0.522. The zero-order chi connectivity index (χ0) is 14.2.